The smallest absolute Gasteiger partial charge is 0.265 e. The van der Waals surface area contributed by atoms with Crippen LogP contribution >= 0.6 is 0 Å². The zero-order valence-electron chi connectivity index (χ0n) is 12.3. The molecule has 0 spiro atoms. The van der Waals surface area contributed by atoms with Crippen molar-refractivity contribution in [1.29, 1.82) is 0 Å². The van der Waals surface area contributed by atoms with Gasteiger partial charge in [-0.3, -0.25) is 9.78 Å². The maximum atomic E-state index is 12.1. The number of sulfonamides is 1. The molecule has 1 fully saturated rings. The second-order valence-electron chi connectivity index (χ2n) is 5.40. The zero-order valence-corrected chi connectivity index (χ0v) is 13.1. The molecule has 0 saturated heterocycles. The van der Waals surface area contributed by atoms with Crippen LogP contribution in [0.1, 0.15) is 23.2 Å². The lowest BCUT2D eigenvalue weighted by Gasteiger charge is -2.08. The van der Waals surface area contributed by atoms with Crippen LogP contribution in [0.4, 0.5) is 0 Å². The highest BCUT2D eigenvalue weighted by Gasteiger charge is 2.22. The summed E-state index contributed by atoms with van der Waals surface area (Å²) in [4.78, 5) is 15.7. The number of hydrogen-bond donors (Lipinski definition) is 1. The number of nitrogens with zero attached hydrogens (tertiary/aromatic N) is 1. The second-order valence-corrected chi connectivity index (χ2v) is 7.08. The molecular formula is C16H16N2O4S. The minimum atomic E-state index is -3.92. The highest BCUT2D eigenvalue weighted by Crippen LogP contribution is 2.29. The van der Waals surface area contributed by atoms with E-state index in [1.807, 2.05) is 4.72 Å². The summed E-state index contributed by atoms with van der Waals surface area (Å²) in [7, 11) is -3.92. The average Bonchev–Trinajstić information content (AvgIpc) is 3.38. The van der Waals surface area contributed by atoms with Crippen LogP contribution in [-0.2, 0) is 10.0 Å². The van der Waals surface area contributed by atoms with Crippen LogP contribution in [-0.4, -0.2) is 25.9 Å². The predicted molar refractivity (Wildman–Crippen MR) is 83.6 cm³/mol. The lowest BCUT2D eigenvalue weighted by molar-refractivity contribution is 0.0981. The Labute approximate surface area is 134 Å². The maximum Gasteiger partial charge on any atom is 0.265 e. The zero-order chi connectivity index (χ0) is 16.3. The number of rotatable bonds is 6. The molecule has 1 N–H and O–H groups in total. The molecule has 1 aromatic carbocycles. The largest absolute Gasteiger partial charge is 0.493 e. The average molecular weight is 332 g/mol. The molecule has 7 heteroatoms. The third-order valence-corrected chi connectivity index (χ3v) is 4.79. The third kappa shape index (κ3) is 4.07. The summed E-state index contributed by atoms with van der Waals surface area (Å²) in [5.74, 6) is 0.619. The molecule has 2 aromatic rings. The predicted octanol–water partition coefficient (Wildman–Crippen LogP) is 1.99. The van der Waals surface area contributed by atoms with E-state index in [0.29, 0.717) is 18.3 Å². The Morgan fingerprint density at radius 1 is 1.22 bits per heavy atom. The summed E-state index contributed by atoms with van der Waals surface area (Å²) in [5, 5.41) is 0. The Balaban J connectivity index is 1.65. The number of ether oxygens (including phenoxy) is 1. The Hall–Kier alpha value is -2.41. The lowest BCUT2D eigenvalue weighted by Crippen LogP contribution is -2.30. The minimum absolute atomic E-state index is 0.0577. The number of nitrogens with one attached hydrogen (secondary N) is 1. The van der Waals surface area contributed by atoms with Gasteiger partial charge in [-0.2, -0.15) is 0 Å². The molecule has 6 nitrogen and oxygen atoms in total. The molecule has 1 saturated carbocycles. The van der Waals surface area contributed by atoms with Gasteiger partial charge in [-0.05, 0) is 55.2 Å². The number of benzene rings is 1. The van der Waals surface area contributed by atoms with Gasteiger partial charge in [0.15, 0.2) is 0 Å². The molecular weight excluding hydrogens is 316 g/mol. The molecule has 0 bridgehead atoms. The van der Waals surface area contributed by atoms with Crippen LogP contribution in [0.5, 0.6) is 5.75 Å². The molecule has 1 aliphatic rings. The summed E-state index contributed by atoms with van der Waals surface area (Å²) >= 11 is 0. The Bertz CT molecular complexity index is 785. The van der Waals surface area contributed by atoms with Crippen molar-refractivity contribution < 1.29 is 17.9 Å². The molecule has 0 unspecified atom stereocenters. The number of carbonyl (C=O) groups is 1. The van der Waals surface area contributed by atoms with Gasteiger partial charge in [-0.15, -0.1) is 0 Å². The van der Waals surface area contributed by atoms with Crippen LogP contribution in [0, 0.1) is 5.92 Å². The van der Waals surface area contributed by atoms with Crippen molar-refractivity contribution in [1.82, 2.24) is 9.71 Å². The summed E-state index contributed by atoms with van der Waals surface area (Å²) in [6.07, 6.45) is 5.05. The van der Waals surface area contributed by atoms with Gasteiger partial charge in [0, 0.05) is 18.0 Å². The van der Waals surface area contributed by atoms with E-state index >= 15 is 0 Å². The second kappa shape index (κ2) is 6.37. The fraction of sp³-hybridized carbons (Fsp3) is 0.250. The van der Waals surface area contributed by atoms with Crippen LogP contribution in [0.25, 0.3) is 0 Å². The first kappa shape index (κ1) is 15.5. The van der Waals surface area contributed by atoms with Gasteiger partial charge in [0.05, 0.1) is 6.61 Å². The Kier molecular flexibility index (Phi) is 4.29. The normalized spacial score (nSPS) is 14.3. The van der Waals surface area contributed by atoms with Gasteiger partial charge in [0.25, 0.3) is 15.9 Å². The Morgan fingerprint density at radius 2 is 1.96 bits per heavy atom. The van der Waals surface area contributed by atoms with E-state index in [0.717, 1.165) is 0 Å². The van der Waals surface area contributed by atoms with E-state index in [4.69, 9.17) is 4.74 Å². The van der Waals surface area contributed by atoms with Gasteiger partial charge in [-0.25, -0.2) is 13.1 Å². The number of pyridine rings is 1. The van der Waals surface area contributed by atoms with Crippen molar-refractivity contribution in [3.63, 3.8) is 0 Å². The van der Waals surface area contributed by atoms with E-state index < -0.39 is 15.9 Å². The first-order valence-corrected chi connectivity index (χ1v) is 8.73. The molecule has 1 aliphatic carbocycles. The molecule has 1 aromatic heterocycles. The number of amides is 1. The van der Waals surface area contributed by atoms with Crippen LogP contribution in [0.2, 0.25) is 0 Å². The molecule has 1 heterocycles. The number of carbonyl (C=O) groups excluding carboxylic acids is 1. The standard InChI is InChI=1S/C16H16N2O4S/c19-16(18-23(20,21)15-2-1-9-17-10-15)13-5-7-14(8-6-13)22-11-12-3-4-12/h1-2,5-10,12H,3-4,11H2,(H,18,19). The highest BCUT2D eigenvalue weighted by atomic mass is 32.2. The fourth-order valence-corrected chi connectivity index (χ4v) is 2.88. The van der Waals surface area contributed by atoms with Crippen molar-refractivity contribution in [2.45, 2.75) is 17.7 Å². The third-order valence-electron chi connectivity index (χ3n) is 3.47. The SMILES string of the molecule is O=C(NS(=O)(=O)c1cccnc1)c1ccc(OCC2CC2)cc1. The van der Waals surface area contributed by atoms with Crippen LogP contribution in [0.3, 0.4) is 0 Å². The van der Waals surface area contributed by atoms with Gasteiger partial charge in [-0.1, -0.05) is 0 Å². The van der Waals surface area contributed by atoms with Crippen molar-refractivity contribution in [3.05, 3.63) is 54.4 Å². The fourth-order valence-electron chi connectivity index (χ4n) is 1.95. The van der Waals surface area contributed by atoms with Crippen LogP contribution < -0.4 is 9.46 Å². The van der Waals surface area contributed by atoms with Crippen molar-refractivity contribution in [3.8, 4) is 5.75 Å². The van der Waals surface area contributed by atoms with Gasteiger partial charge in [0.2, 0.25) is 0 Å². The molecule has 0 aliphatic heterocycles. The number of aromatic nitrogens is 1. The van der Waals surface area contributed by atoms with E-state index in [2.05, 4.69) is 4.98 Å². The molecule has 0 radical (unpaired) electrons. The van der Waals surface area contributed by atoms with Crippen molar-refractivity contribution in [2.75, 3.05) is 6.61 Å². The first-order valence-electron chi connectivity index (χ1n) is 7.25. The topological polar surface area (TPSA) is 85.4 Å². The van der Waals surface area contributed by atoms with Gasteiger partial charge < -0.3 is 4.74 Å². The lowest BCUT2D eigenvalue weighted by atomic mass is 10.2. The first-order chi connectivity index (χ1) is 11.0. The quantitative estimate of drug-likeness (QED) is 0.874. The Morgan fingerprint density at radius 3 is 2.57 bits per heavy atom. The molecule has 120 valence electrons. The molecule has 23 heavy (non-hydrogen) atoms. The summed E-state index contributed by atoms with van der Waals surface area (Å²) < 4.78 is 31.7. The van der Waals surface area contributed by atoms with E-state index in [1.54, 1.807) is 12.1 Å². The van der Waals surface area contributed by atoms with E-state index in [9.17, 15) is 13.2 Å². The number of hydrogen-bond acceptors (Lipinski definition) is 5. The molecule has 0 atom stereocenters. The summed E-state index contributed by atoms with van der Waals surface area (Å²) in [6.45, 7) is 0.681. The minimum Gasteiger partial charge on any atom is -0.493 e. The maximum absolute atomic E-state index is 12.1. The molecule has 3 rings (SSSR count). The summed E-state index contributed by atoms with van der Waals surface area (Å²) in [6, 6.07) is 9.26. The van der Waals surface area contributed by atoms with Crippen LogP contribution in [0.15, 0.2) is 53.7 Å². The van der Waals surface area contributed by atoms with Crippen molar-refractivity contribution in [2.24, 2.45) is 5.92 Å². The van der Waals surface area contributed by atoms with Crippen molar-refractivity contribution >= 4 is 15.9 Å². The molecule has 1 amide bonds. The van der Waals surface area contributed by atoms with E-state index in [-0.39, 0.29) is 10.5 Å². The van der Waals surface area contributed by atoms with Gasteiger partial charge in [0.1, 0.15) is 10.6 Å². The van der Waals surface area contributed by atoms with Gasteiger partial charge >= 0.3 is 0 Å². The monoisotopic (exact) mass is 332 g/mol. The van der Waals surface area contributed by atoms with E-state index in [1.165, 1.54) is 49.5 Å². The highest BCUT2D eigenvalue weighted by molar-refractivity contribution is 7.90. The summed E-state index contributed by atoms with van der Waals surface area (Å²) in [5.41, 5.74) is 0.247.